The van der Waals surface area contributed by atoms with Gasteiger partial charge in [-0.25, -0.2) is 9.99 Å². The van der Waals surface area contributed by atoms with Crippen LogP contribution in [0.4, 0.5) is 0 Å². The second-order valence-corrected chi connectivity index (χ2v) is 7.02. The Hall–Kier alpha value is -2.70. The van der Waals surface area contributed by atoms with E-state index in [9.17, 15) is 4.79 Å². The van der Waals surface area contributed by atoms with Gasteiger partial charge in [-0.1, -0.05) is 35.9 Å². The van der Waals surface area contributed by atoms with Gasteiger partial charge in [0.05, 0.1) is 31.0 Å². The molecule has 0 atom stereocenters. The van der Waals surface area contributed by atoms with Crippen LogP contribution in [0.15, 0.2) is 42.6 Å². The Kier molecular flexibility index (Phi) is 4.92. The van der Waals surface area contributed by atoms with Crippen LogP contribution in [-0.2, 0) is 16.0 Å². The largest absolute Gasteiger partial charge is 0.379 e. The number of nitrogens with one attached hydrogen (secondary N) is 1. The molecule has 1 aliphatic heterocycles. The molecule has 1 fully saturated rings. The first-order valence-corrected chi connectivity index (χ1v) is 9.27. The van der Waals surface area contributed by atoms with Crippen molar-refractivity contribution in [2.75, 3.05) is 26.3 Å². The number of pyridine rings is 1. The lowest BCUT2D eigenvalue weighted by molar-refractivity contribution is -0.127. The van der Waals surface area contributed by atoms with E-state index in [-0.39, 0.29) is 12.3 Å². The number of amides is 1. The first kappa shape index (κ1) is 17.7. The van der Waals surface area contributed by atoms with Crippen LogP contribution >= 0.6 is 0 Å². The number of hydrogen-bond donors (Lipinski definition) is 1. The van der Waals surface area contributed by atoms with Crippen LogP contribution in [0.3, 0.4) is 0 Å². The third-order valence-electron chi connectivity index (χ3n) is 4.81. The quantitative estimate of drug-likeness (QED) is 0.773. The van der Waals surface area contributed by atoms with Crippen LogP contribution in [0.25, 0.3) is 16.9 Å². The summed E-state index contributed by atoms with van der Waals surface area (Å²) in [5.74, 6) is -0.0337. The summed E-state index contributed by atoms with van der Waals surface area (Å²) in [6.07, 6.45) is 2.31. The molecule has 2 aromatic heterocycles. The van der Waals surface area contributed by atoms with Crippen LogP contribution in [-0.4, -0.2) is 46.6 Å². The van der Waals surface area contributed by atoms with Crippen molar-refractivity contribution in [3.8, 4) is 11.3 Å². The SMILES string of the molecule is Cc1ccc(-c2nc3ccc(C)cn3c2CC(=O)NN2CCOCC2)cc1. The number of aryl methyl sites for hydroxylation is 2. The van der Waals surface area contributed by atoms with Gasteiger partial charge in [-0.3, -0.25) is 10.2 Å². The molecule has 6 nitrogen and oxygen atoms in total. The molecule has 3 heterocycles. The first-order valence-electron chi connectivity index (χ1n) is 9.27. The van der Waals surface area contributed by atoms with Gasteiger partial charge in [-0.15, -0.1) is 0 Å². The number of hydrogen-bond acceptors (Lipinski definition) is 4. The molecule has 0 saturated carbocycles. The normalized spacial score (nSPS) is 15.2. The summed E-state index contributed by atoms with van der Waals surface area (Å²) in [4.78, 5) is 17.5. The lowest BCUT2D eigenvalue weighted by Gasteiger charge is -2.26. The summed E-state index contributed by atoms with van der Waals surface area (Å²) in [5, 5.41) is 1.92. The number of carbonyl (C=O) groups excluding carboxylic acids is 1. The number of benzene rings is 1. The molecule has 0 bridgehead atoms. The zero-order valence-electron chi connectivity index (χ0n) is 15.7. The maximum absolute atomic E-state index is 12.7. The molecule has 3 aromatic rings. The molecule has 0 unspecified atom stereocenters. The van der Waals surface area contributed by atoms with Crippen LogP contribution in [0.5, 0.6) is 0 Å². The Balaban J connectivity index is 1.68. The summed E-state index contributed by atoms with van der Waals surface area (Å²) in [6.45, 7) is 6.81. The second-order valence-electron chi connectivity index (χ2n) is 7.02. The van der Waals surface area contributed by atoms with Gasteiger partial charge < -0.3 is 9.14 Å². The summed E-state index contributed by atoms with van der Waals surface area (Å²) >= 11 is 0. The van der Waals surface area contributed by atoms with E-state index in [1.165, 1.54) is 5.56 Å². The minimum atomic E-state index is -0.0337. The number of carbonyl (C=O) groups is 1. The van der Waals surface area contributed by atoms with Crippen molar-refractivity contribution in [1.29, 1.82) is 0 Å². The van der Waals surface area contributed by atoms with Gasteiger partial charge in [0.25, 0.3) is 0 Å². The lowest BCUT2D eigenvalue weighted by Crippen LogP contribution is -2.48. The van der Waals surface area contributed by atoms with Crippen molar-refractivity contribution >= 4 is 11.6 Å². The molecule has 0 radical (unpaired) electrons. The summed E-state index contributed by atoms with van der Waals surface area (Å²) < 4.78 is 7.37. The average molecular weight is 364 g/mol. The van der Waals surface area contributed by atoms with Crippen LogP contribution in [0, 0.1) is 13.8 Å². The van der Waals surface area contributed by atoms with E-state index < -0.39 is 0 Å². The Morgan fingerprint density at radius 1 is 1.07 bits per heavy atom. The average Bonchev–Trinajstić information content (AvgIpc) is 3.01. The standard InChI is InChI=1S/C21H24N4O2/c1-15-3-6-17(7-4-15)21-18(25-14-16(2)5-8-19(25)22-21)13-20(26)23-24-9-11-27-12-10-24/h3-8,14H,9-13H2,1-2H3,(H,23,26). The monoisotopic (exact) mass is 364 g/mol. The van der Waals surface area contributed by atoms with Gasteiger partial charge >= 0.3 is 0 Å². The van der Waals surface area contributed by atoms with Crippen LogP contribution < -0.4 is 5.43 Å². The Bertz CT molecular complexity index is 956. The fourth-order valence-corrected chi connectivity index (χ4v) is 3.35. The molecule has 0 aliphatic carbocycles. The summed E-state index contributed by atoms with van der Waals surface area (Å²) in [5.41, 5.74) is 8.97. The Morgan fingerprint density at radius 2 is 1.78 bits per heavy atom. The summed E-state index contributed by atoms with van der Waals surface area (Å²) in [6, 6.07) is 12.3. The fraction of sp³-hybridized carbons (Fsp3) is 0.333. The predicted molar refractivity (Wildman–Crippen MR) is 104 cm³/mol. The van der Waals surface area contributed by atoms with Crippen molar-refractivity contribution < 1.29 is 9.53 Å². The predicted octanol–water partition coefficient (Wildman–Crippen LogP) is 2.52. The first-order chi connectivity index (χ1) is 13.1. The molecular formula is C21H24N4O2. The third-order valence-corrected chi connectivity index (χ3v) is 4.81. The van der Waals surface area contributed by atoms with Gasteiger partial charge in [-0.2, -0.15) is 0 Å². The fourth-order valence-electron chi connectivity index (χ4n) is 3.35. The van der Waals surface area contributed by atoms with Crippen molar-refractivity contribution in [1.82, 2.24) is 19.8 Å². The number of morpholine rings is 1. The number of hydrazine groups is 1. The molecule has 1 aliphatic rings. The maximum atomic E-state index is 12.7. The van der Waals surface area contributed by atoms with Crippen LogP contribution in [0.1, 0.15) is 16.8 Å². The highest BCUT2D eigenvalue weighted by Gasteiger charge is 2.19. The van der Waals surface area contributed by atoms with Crippen molar-refractivity contribution in [2.24, 2.45) is 0 Å². The number of aromatic nitrogens is 2. The number of fused-ring (bicyclic) bond motifs is 1. The minimum Gasteiger partial charge on any atom is -0.379 e. The molecule has 0 spiro atoms. The van der Waals surface area contributed by atoms with Gasteiger partial charge in [0.1, 0.15) is 5.65 Å². The zero-order chi connectivity index (χ0) is 18.8. The number of rotatable bonds is 4. The van der Waals surface area contributed by atoms with E-state index in [2.05, 4.69) is 36.6 Å². The van der Waals surface area contributed by atoms with E-state index in [1.54, 1.807) is 0 Å². The number of nitrogens with zero attached hydrogens (tertiary/aromatic N) is 3. The Morgan fingerprint density at radius 3 is 2.52 bits per heavy atom. The van der Waals surface area contributed by atoms with Gasteiger partial charge in [0.15, 0.2) is 0 Å². The van der Waals surface area contributed by atoms with Crippen molar-refractivity contribution in [3.05, 3.63) is 59.4 Å². The van der Waals surface area contributed by atoms with Gasteiger partial charge in [-0.05, 0) is 25.5 Å². The molecule has 4 rings (SSSR count). The molecule has 1 aromatic carbocycles. The van der Waals surface area contributed by atoms with Crippen LogP contribution in [0.2, 0.25) is 0 Å². The number of imidazole rings is 1. The van der Waals surface area contributed by atoms with Gasteiger partial charge in [0, 0.05) is 24.8 Å². The highest BCUT2D eigenvalue weighted by molar-refractivity contribution is 5.81. The topological polar surface area (TPSA) is 58.9 Å². The second kappa shape index (κ2) is 7.50. The Labute approximate surface area is 158 Å². The van der Waals surface area contributed by atoms with E-state index in [1.807, 2.05) is 34.7 Å². The molecule has 27 heavy (non-hydrogen) atoms. The van der Waals surface area contributed by atoms with E-state index in [0.29, 0.717) is 26.3 Å². The highest BCUT2D eigenvalue weighted by Crippen LogP contribution is 2.26. The lowest BCUT2D eigenvalue weighted by atomic mass is 10.1. The summed E-state index contributed by atoms with van der Waals surface area (Å²) in [7, 11) is 0. The molecule has 6 heteroatoms. The molecule has 1 amide bonds. The van der Waals surface area contributed by atoms with E-state index >= 15 is 0 Å². The smallest absolute Gasteiger partial charge is 0.240 e. The molecular weight excluding hydrogens is 340 g/mol. The zero-order valence-corrected chi connectivity index (χ0v) is 15.7. The van der Waals surface area contributed by atoms with Crippen molar-refractivity contribution in [2.45, 2.75) is 20.3 Å². The van der Waals surface area contributed by atoms with Crippen molar-refractivity contribution in [3.63, 3.8) is 0 Å². The van der Waals surface area contributed by atoms with E-state index in [4.69, 9.17) is 9.72 Å². The van der Waals surface area contributed by atoms with Gasteiger partial charge in [0.2, 0.25) is 5.91 Å². The molecule has 140 valence electrons. The highest BCUT2D eigenvalue weighted by atomic mass is 16.5. The minimum absolute atomic E-state index is 0.0337. The van der Waals surface area contributed by atoms with E-state index in [0.717, 1.165) is 28.2 Å². The molecule has 1 N–H and O–H groups in total. The third kappa shape index (κ3) is 3.86. The maximum Gasteiger partial charge on any atom is 0.240 e. The number of ether oxygens (including phenoxy) is 1. The molecule has 1 saturated heterocycles.